The molecule has 7 rings (SSSR count). The Hall–Kier alpha value is -4.73. The number of aromatic nitrogens is 2. The molecule has 0 radical (unpaired) electrons. The Morgan fingerprint density at radius 2 is 1.61 bits per heavy atom. The molecule has 1 aromatic heterocycles. The summed E-state index contributed by atoms with van der Waals surface area (Å²) in [7, 11) is -4.27. The zero-order valence-electron chi connectivity index (χ0n) is 36.0. The number of nitro benzene ring substituents is 1. The van der Waals surface area contributed by atoms with Crippen molar-refractivity contribution in [1.29, 1.82) is 0 Å². The Labute approximate surface area is 375 Å². The second kappa shape index (κ2) is 20.6. The lowest BCUT2D eigenvalue weighted by Gasteiger charge is -2.37. The normalized spacial score (nSPS) is 15.8. The molecule has 1 aliphatic carbocycles. The molecule has 2 N–H and O–H groups in total. The van der Waals surface area contributed by atoms with Crippen LogP contribution in [0.3, 0.4) is 0 Å². The smallest absolute Gasteiger partial charge is 0.293 e. The van der Waals surface area contributed by atoms with Crippen molar-refractivity contribution >= 4 is 72.7 Å². The molecule has 0 amide bonds. The molecule has 1 atom stereocenters. The van der Waals surface area contributed by atoms with Gasteiger partial charge in [0.15, 0.2) is 5.82 Å². The standard InChI is InChI=1S/C47H57ClN8O4S2/c1-33(2)55(34(3)4)23-22-38(31-61-40-11-6-5-7-12-40)51-44-21-19-41(29-46(44)56(57)58)62(59,60)52-47-43-20-18-39(28-45(43)49-32-50-47)54-26-24-53(25-27-54)30-36-10-8-9-13-42(36)35-14-16-37(48)17-15-35/h5-7,11-12,14-21,28-29,32-34,38,51H,8-10,13,22-27,30-31H2,1-4H3,(H,49,50,52)/t38-/m1/s1. The van der Waals surface area contributed by atoms with E-state index in [0.717, 1.165) is 80.2 Å². The molecule has 1 aliphatic heterocycles. The van der Waals surface area contributed by atoms with Gasteiger partial charge in [0.1, 0.15) is 12.0 Å². The van der Waals surface area contributed by atoms with Gasteiger partial charge in [-0.15, -0.1) is 11.8 Å². The number of thioether (sulfide) groups is 1. The first-order valence-electron chi connectivity index (χ1n) is 21.5. The minimum absolute atomic E-state index is 0.103. The number of allylic oxidation sites excluding steroid dienone is 1. The molecule has 1 saturated heterocycles. The highest BCUT2D eigenvalue weighted by Crippen LogP contribution is 2.35. The number of halogens is 1. The van der Waals surface area contributed by atoms with E-state index in [0.29, 0.717) is 28.7 Å². The first kappa shape index (κ1) is 45.3. The van der Waals surface area contributed by atoms with Crippen molar-refractivity contribution in [2.45, 2.75) is 87.7 Å². The summed E-state index contributed by atoms with van der Waals surface area (Å²) in [4.78, 5) is 28.9. The lowest BCUT2D eigenvalue weighted by atomic mass is 9.87. The largest absolute Gasteiger partial charge is 0.376 e. The Morgan fingerprint density at radius 3 is 2.32 bits per heavy atom. The number of hydrogen-bond acceptors (Lipinski definition) is 11. The Morgan fingerprint density at radius 1 is 0.887 bits per heavy atom. The summed E-state index contributed by atoms with van der Waals surface area (Å²) in [5.41, 5.74) is 5.81. The number of nitrogens with zero attached hydrogens (tertiary/aromatic N) is 6. The molecule has 62 heavy (non-hydrogen) atoms. The highest BCUT2D eigenvalue weighted by molar-refractivity contribution is 7.99. The van der Waals surface area contributed by atoms with Gasteiger partial charge in [-0.2, -0.15) is 0 Å². The van der Waals surface area contributed by atoms with Crippen LogP contribution < -0.4 is 14.9 Å². The zero-order chi connectivity index (χ0) is 43.8. The van der Waals surface area contributed by atoms with Crippen molar-refractivity contribution in [1.82, 2.24) is 19.8 Å². The zero-order valence-corrected chi connectivity index (χ0v) is 38.4. The fourth-order valence-corrected chi connectivity index (χ4v) is 10.8. The second-order valence-electron chi connectivity index (χ2n) is 16.7. The number of sulfonamides is 1. The predicted molar refractivity (Wildman–Crippen MR) is 255 cm³/mol. The maximum absolute atomic E-state index is 13.9. The number of rotatable bonds is 18. The number of hydrogen-bond donors (Lipinski definition) is 2. The third kappa shape index (κ3) is 11.4. The highest BCUT2D eigenvalue weighted by atomic mass is 35.5. The van der Waals surface area contributed by atoms with E-state index in [1.54, 1.807) is 11.8 Å². The van der Waals surface area contributed by atoms with E-state index >= 15 is 0 Å². The SMILES string of the molecule is CC(C)N(CC[C@H](CSc1ccccc1)Nc1ccc(S(=O)(=O)Nc2ncnc3cc(N4CCN(CC5=C(c6ccc(Cl)cc6)CCCC5)CC4)ccc23)cc1[N+](=O)[O-])C(C)C. The van der Waals surface area contributed by atoms with E-state index in [4.69, 9.17) is 11.6 Å². The number of benzene rings is 4. The number of nitrogens with one attached hydrogen (secondary N) is 2. The quantitative estimate of drug-likeness (QED) is 0.0494. The average molecular weight is 898 g/mol. The van der Waals surface area contributed by atoms with E-state index in [-0.39, 0.29) is 28.1 Å². The summed E-state index contributed by atoms with van der Waals surface area (Å²) in [5.74, 6) is 0.766. The van der Waals surface area contributed by atoms with Gasteiger partial charge in [-0.05, 0) is 126 Å². The van der Waals surface area contributed by atoms with Crippen molar-refractivity contribution < 1.29 is 13.3 Å². The Kier molecular flexibility index (Phi) is 15.1. The van der Waals surface area contributed by atoms with Crippen molar-refractivity contribution in [2.24, 2.45) is 0 Å². The van der Waals surface area contributed by atoms with Crippen LogP contribution >= 0.6 is 23.4 Å². The number of nitro groups is 1. The molecule has 2 heterocycles. The summed E-state index contributed by atoms with van der Waals surface area (Å²) >= 11 is 7.86. The molecule has 0 bridgehead atoms. The molecule has 0 spiro atoms. The van der Waals surface area contributed by atoms with Gasteiger partial charge in [0.05, 0.1) is 15.3 Å². The van der Waals surface area contributed by atoms with E-state index < -0.39 is 14.9 Å². The van der Waals surface area contributed by atoms with Crippen LogP contribution in [-0.4, -0.2) is 96.3 Å². The highest BCUT2D eigenvalue weighted by Gasteiger charge is 2.26. The van der Waals surface area contributed by atoms with E-state index in [2.05, 4.69) is 74.5 Å². The Balaban J connectivity index is 1.03. The first-order chi connectivity index (χ1) is 29.8. The molecule has 0 saturated carbocycles. The van der Waals surface area contributed by atoms with Gasteiger partial charge in [-0.25, -0.2) is 18.4 Å². The Bertz CT molecular complexity index is 2450. The molecular weight excluding hydrogens is 840 g/mol. The molecule has 1 fully saturated rings. The maximum atomic E-state index is 13.9. The monoisotopic (exact) mass is 896 g/mol. The summed E-state index contributed by atoms with van der Waals surface area (Å²) in [5, 5.41) is 17.2. The van der Waals surface area contributed by atoms with Crippen molar-refractivity contribution in [3.8, 4) is 0 Å². The summed E-state index contributed by atoms with van der Waals surface area (Å²) in [6.07, 6.45) is 6.73. The summed E-state index contributed by atoms with van der Waals surface area (Å²) in [6, 6.07) is 28.6. The maximum Gasteiger partial charge on any atom is 0.293 e. The van der Waals surface area contributed by atoms with Crippen LogP contribution in [-0.2, 0) is 10.0 Å². The van der Waals surface area contributed by atoms with Crippen LogP contribution in [0.1, 0.15) is 65.4 Å². The average Bonchev–Trinajstić information content (AvgIpc) is 3.26. The fourth-order valence-electron chi connectivity index (χ4n) is 8.59. The third-order valence-corrected chi connectivity index (χ3v) is 14.6. The summed E-state index contributed by atoms with van der Waals surface area (Å²) in [6.45, 7) is 14.0. The van der Waals surface area contributed by atoms with Crippen molar-refractivity contribution in [3.05, 3.63) is 124 Å². The molecule has 0 unspecified atom stereocenters. The number of fused-ring (bicyclic) bond motifs is 1. The number of piperazine rings is 1. The second-order valence-corrected chi connectivity index (χ2v) is 19.9. The van der Waals surface area contributed by atoms with Crippen LogP contribution in [0, 0.1) is 10.1 Å². The van der Waals surface area contributed by atoms with E-state index in [9.17, 15) is 18.5 Å². The van der Waals surface area contributed by atoms with Crippen LogP contribution in [0.15, 0.2) is 113 Å². The van der Waals surface area contributed by atoms with Gasteiger partial charge in [0.25, 0.3) is 15.7 Å². The molecule has 15 heteroatoms. The molecule has 4 aromatic carbocycles. The third-order valence-electron chi connectivity index (χ3n) is 11.9. The van der Waals surface area contributed by atoms with Crippen LogP contribution in [0.5, 0.6) is 0 Å². The molecule has 328 valence electrons. The lowest BCUT2D eigenvalue weighted by molar-refractivity contribution is -0.384. The van der Waals surface area contributed by atoms with E-state index in [1.165, 1.54) is 48.0 Å². The first-order valence-corrected chi connectivity index (χ1v) is 24.4. The van der Waals surface area contributed by atoms with Gasteiger partial charge >= 0.3 is 0 Å². The van der Waals surface area contributed by atoms with Gasteiger partial charge in [0.2, 0.25) is 0 Å². The minimum Gasteiger partial charge on any atom is -0.376 e. The van der Waals surface area contributed by atoms with Crippen LogP contribution in [0.25, 0.3) is 16.5 Å². The van der Waals surface area contributed by atoms with Gasteiger partial charge < -0.3 is 10.2 Å². The predicted octanol–water partition coefficient (Wildman–Crippen LogP) is 10.2. The molecular formula is C47H57ClN8O4S2. The molecule has 5 aromatic rings. The van der Waals surface area contributed by atoms with Crippen LogP contribution in [0.4, 0.5) is 22.9 Å². The molecule has 2 aliphatic rings. The van der Waals surface area contributed by atoms with Crippen molar-refractivity contribution in [2.75, 3.05) is 60.0 Å². The topological polar surface area (TPSA) is 137 Å². The lowest BCUT2D eigenvalue weighted by Crippen LogP contribution is -2.47. The van der Waals surface area contributed by atoms with Crippen LogP contribution in [0.2, 0.25) is 5.02 Å². The van der Waals surface area contributed by atoms with Crippen molar-refractivity contribution in [3.63, 3.8) is 0 Å². The van der Waals surface area contributed by atoms with Gasteiger partial charge in [-0.1, -0.05) is 47.5 Å². The van der Waals surface area contributed by atoms with Gasteiger partial charge in [0, 0.05) is 90.2 Å². The van der Waals surface area contributed by atoms with E-state index in [1.807, 2.05) is 60.7 Å². The minimum atomic E-state index is -4.27. The van der Waals surface area contributed by atoms with Gasteiger partial charge in [-0.3, -0.25) is 24.6 Å². The fraction of sp³-hybridized carbons (Fsp3) is 0.404. The molecule has 12 nitrogen and oxygen atoms in total. The summed E-state index contributed by atoms with van der Waals surface area (Å²) < 4.78 is 30.3. The number of anilines is 3.